The highest BCUT2D eigenvalue weighted by Gasteiger charge is 2.35. The van der Waals surface area contributed by atoms with E-state index in [0.717, 1.165) is 25.0 Å². The molecule has 0 aliphatic carbocycles. The van der Waals surface area contributed by atoms with E-state index in [1.165, 1.54) is 0 Å². The van der Waals surface area contributed by atoms with E-state index in [1.54, 1.807) is 41.9 Å². The predicted octanol–water partition coefficient (Wildman–Crippen LogP) is 2.33. The molecule has 3 rings (SSSR count). The Morgan fingerprint density at radius 2 is 2.00 bits per heavy atom. The van der Waals surface area contributed by atoms with Crippen molar-refractivity contribution in [1.82, 2.24) is 14.5 Å². The third-order valence-corrected chi connectivity index (χ3v) is 5.92. The SMILES string of the molecule is COc1ccc(S(=O)(=O)N2CCCC[C@H]2c2ccn[nH]2)cc1. The number of aromatic nitrogens is 2. The summed E-state index contributed by atoms with van der Waals surface area (Å²) in [6.07, 6.45) is 4.35. The second-order valence-electron chi connectivity index (χ2n) is 5.31. The number of benzene rings is 1. The van der Waals surface area contributed by atoms with Crippen LogP contribution in [-0.4, -0.2) is 36.6 Å². The van der Waals surface area contributed by atoms with Crippen molar-refractivity contribution in [2.45, 2.75) is 30.2 Å². The standard InChI is InChI=1S/C15H19N3O3S/c1-21-12-5-7-13(8-6-12)22(19,20)18-11-3-2-4-15(18)14-9-10-16-17-14/h5-10,15H,2-4,11H2,1H3,(H,16,17)/t15-/m0/s1. The number of piperidine rings is 1. The van der Waals surface area contributed by atoms with E-state index in [4.69, 9.17) is 4.74 Å². The number of ether oxygens (including phenoxy) is 1. The fourth-order valence-electron chi connectivity index (χ4n) is 2.84. The number of hydrogen-bond acceptors (Lipinski definition) is 4. The average Bonchev–Trinajstić information content (AvgIpc) is 3.09. The molecule has 1 fully saturated rings. The molecule has 1 aliphatic heterocycles. The van der Waals surface area contributed by atoms with Crippen molar-refractivity contribution < 1.29 is 13.2 Å². The zero-order chi connectivity index (χ0) is 15.6. The summed E-state index contributed by atoms with van der Waals surface area (Å²) >= 11 is 0. The van der Waals surface area contributed by atoms with Crippen LogP contribution >= 0.6 is 0 Å². The van der Waals surface area contributed by atoms with Crippen molar-refractivity contribution >= 4 is 10.0 Å². The molecule has 0 bridgehead atoms. The zero-order valence-electron chi connectivity index (χ0n) is 12.4. The fraction of sp³-hybridized carbons (Fsp3) is 0.400. The monoisotopic (exact) mass is 321 g/mol. The van der Waals surface area contributed by atoms with Crippen LogP contribution in [0.25, 0.3) is 0 Å². The van der Waals surface area contributed by atoms with Crippen LogP contribution in [0.2, 0.25) is 0 Å². The number of nitrogens with zero attached hydrogens (tertiary/aromatic N) is 2. The van der Waals surface area contributed by atoms with Crippen molar-refractivity contribution in [1.29, 1.82) is 0 Å². The normalized spacial score (nSPS) is 20.0. The van der Waals surface area contributed by atoms with Gasteiger partial charge in [0.1, 0.15) is 5.75 Å². The Bertz CT molecular complexity index is 711. The van der Waals surface area contributed by atoms with Gasteiger partial charge in [-0.15, -0.1) is 0 Å². The van der Waals surface area contributed by atoms with Crippen molar-refractivity contribution in [3.63, 3.8) is 0 Å². The lowest BCUT2D eigenvalue weighted by Crippen LogP contribution is -2.38. The lowest BCUT2D eigenvalue weighted by molar-refractivity contribution is 0.251. The van der Waals surface area contributed by atoms with Gasteiger partial charge >= 0.3 is 0 Å². The van der Waals surface area contributed by atoms with Gasteiger partial charge in [0.25, 0.3) is 0 Å². The maximum Gasteiger partial charge on any atom is 0.243 e. The molecule has 2 heterocycles. The van der Waals surface area contributed by atoms with Gasteiger partial charge in [0.05, 0.1) is 23.7 Å². The Hall–Kier alpha value is -1.86. The van der Waals surface area contributed by atoms with E-state index in [-0.39, 0.29) is 6.04 Å². The van der Waals surface area contributed by atoms with E-state index in [2.05, 4.69) is 10.2 Å². The quantitative estimate of drug-likeness (QED) is 0.938. The molecule has 1 aliphatic rings. The molecule has 1 N–H and O–H groups in total. The Morgan fingerprint density at radius 1 is 1.23 bits per heavy atom. The molecule has 22 heavy (non-hydrogen) atoms. The number of H-pyrrole nitrogens is 1. The highest BCUT2D eigenvalue weighted by molar-refractivity contribution is 7.89. The largest absolute Gasteiger partial charge is 0.497 e. The van der Waals surface area contributed by atoms with E-state index in [0.29, 0.717) is 17.2 Å². The van der Waals surface area contributed by atoms with E-state index >= 15 is 0 Å². The van der Waals surface area contributed by atoms with Gasteiger partial charge in [0.15, 0.2) is 0 Å². The van der Waals surface area contributed by atoms with Crippen molar-refractivity contribution in [3.8, 4) is 5.75 Å². The van der Waals surface area contributed by atoms with Crippen LogP contribution in [0, 0.1) is 0 Å². The van der Waals surface area contributed by atoms with Gasteiger partial charge in [-0.25, -0.2) is 8.42 Å². The van der Waals surface area contributed by atoms with Gasteiger partial charge in [-0.3, -0.25) is 5.10 Å². The summed E-state index contributed by atoms with van der Waals surface area (Å²) in [5.74, 6) is 0.641. The summed E-state index contributed by atoms with van der Waals surface area (Å²) in [5, 5.41) is 6.85. The molecule has 2 aromatic rings. The molecule has 0 saturated carbocycles. The Labute approximate surface area is 130 Å². The number of hydrogen-bond donors (Lipinski definition) is 1. The molecule has 0 spiro atoms. The molecule has 1 aromatic heterocycles. The number of rotatable bonds is 4. The van der Waals surface area contributed by atoms with Crippen LogP contribution in [0.3, 0.4) is 0 Å². The predicted molar refractivity (Wildman–Crippen MR) is 82.1 cm³/mol. The van der Waals surface area contributed by atoms with Gasteiger partial charge in [-0.1, -0.05) is 6.42 Å². The van der Waals surface area contributed by atoms with Gasteiger partial charge in [-0.2, -0.15) is 9.40 Å². The third kappa shape index (κ3) is 2.74. The van der Waals surface area contributed by atoms with Gasteiger partial charge in [0, 0.05) is 12.7 Å². The maximum atomic E-state index is 12.9. The maximum absolute atomic E-state index is 12.9. The number of nitrogens with one attached hydrogen (secondary N) is 1. The molecule has 1 aromatic carbocycles. The van der Waals surface area contributed by atoms with Crippen LogP contribution in [-0.2, 0) is 10.0 Å². The smallest absolute Gasteiger partial charge is 0.243 e. The zero-order valence-corrected chi connectivity index (χ0v) is 13.2. The molecule has 1 saturated heterocycles. The summed E-state index contributed by atoms with van der Waals surface area (Å²) in [4.78, 5) is 0.291. The molecule has 6 nitrogen and oxygen atoms in total. The minimum Gasteiger partial charge on any atom is -0.497 e. The molecule has 0 radical (unpaired) electrons. The summed E-state index contributed by atoms with van der Waals surface area (Å²) in [5.41, 5.74) is 0.844. The summed E-state index contributed by atoms with van der Waals surface area (Å²) < 4.78 is 32.5. The van der Waals surface area contributed by atoms with Crippen LogP contribution < -0.4 is 4.74 Å². The number of methoxy groups -OCH3 is 1. The topological polar surface area (TPSA) is 75.3 Å². The Balaban J connectivity index is 1.94. The first-order valence-corrected chi connectivity index (χ1v) is 8.72. The van der Waals surface area contributed by atoms with Gasteiger partial charge in [0.2, 0.25) is 10.0 Å². The Kier molecular flexibility index (Phi) is 4.17. The minimum absolute atomic E-state index is 0.177. The van der Waals surface area contributed by atoms with Crippen molar-refractivity contribution in [2.75, 3.05) is 13.7 Å². The van der Waals surface area contributed by atoms with Crippen LogP contribution in [0.15, 0.2) is 41.4 Å². The summed E-state index contributed by atoms with van der Waals surface area (Å²) in [6, 6.07) is 8.18. The number of aromatic amines is 1. The molecule has 0 unspecified atom stereocenters. The third-order valence-electron chi connectivity index (χ3n) is 4.00. The molecule has 118 valence electrons. The van der Waals surface area contributed by atoms with Crippen molar-refractivity contribution in [3.05, 3.63) is 42.2 Å². The van der Waals surface area contributed by atoms with E-state index < -0.39 is 10.0 Å². The minimum atomic E-state index is -3.53. The van der Waals surface area contributed by atoms with Crippen molar-refractivity contribution in [2.24, 2.45) is 0 Å². The highest BCUT2D eigenvalue weighted by atomic mass is 32.2. The Morgan fingerprint density at radius 3 is 2.64 bits per heavy atom. The van der Waals surface area contributed by atoms with Crippen LogP contribution in [0.5, 0.6) is 5.75 Å². The first-order chi connectivity index (χ1) is 10.6. The van der Waals surface area contributed by atoms with Gasteiger partial charge in [-0.05, 0) is 43.2 Å². The fourth-order valence-corrected chi connectivity index (χ4v) is 4.51. The molecule has 7 heteroatoms. The molecular weight excluding hydrogens is 302 g/mol. The van der Waals surface area contributed by atoms with E-state index in [1.807, 2.05) is 6.07 Å². The van der Waals surface area contributed by atoms with Crippen LogP contribution in [0.4, 0.5) is 0 Å². The van der Waals surface area contributed by atoms with Crippen LogP contribution in [0.1, 0.15) is 31.0 Å². The number of sulfonamides is 1. The second kappa shape index (κ2) is 6.10. The molecule has 1 atom stereocenters. The molecule has 0 amide bonds. The first kappa shape index (κ1) is 15.1. The summed E-state index contributed by atoms with van der Waals surface area (Å²) in [7, 11) is -1.97. The lowest BCUT2D eigenvalue weighted by atomic mass is 10.0. The first-order valence-electron chi connectivity index (χ1n) is 7.28. The summed E-state index contributed by atoms with van der Waals surface area (Å²) in [6.45, 7) is 0.526. The second-order valence-corrected chi connectivity index (χ2v) is 7.21. The lowest BCUT2D eigenvalue weighted by Gasteiger charge is -2.34. The van der Waals surface area contributed by atoms with Gasteiger partial charge < -0.3 is 4.74 Å². The highest BCUT2D eigenvalue weighted by Crippen LogP contribution is 2.34. The molecular formula is C15H19N3O3S. The average molecular weight is 321 g/mol. The van der Waals surface area contributed by atoms with E-state index in [9.17, 15) is 8.42 Å².